The fourth-order valence-corrected chi connectivity index (χ4v) is 2.85. The van der Waals surface area contributed by atoms with Gasteiger partial charge in [-0.3, -0.25) is 9.00 Å². The van der Waals surface area contributed by atoms with E-state index in [0.717, 1.165) is 17.7 Å². The van der Waals surface area contributed by atoms with E-state index in [2.05, 4.69) is 0 Å². The Morgan fingerprint density at radius 3 is 2.61 bits per heavy atom. The lowest BCUT2D eigenvalue weighted by molar-refractivity contribution is 0.101. The molecule has 0 aliphatic rings. The third-order valence-electron chi connectivity index (χ3n) is 2.52. The van der Waals surface area contributed by atoms with Gasteiger partial charge < -0.3 is 4.74 Å². The fraction of sp³-hybridized carbons (Fsp3) is 0.500. The third-order valence-corrected chi connectivity index (χ3v) is 4.01. The van der Waals surface area contributed by atoms with Crippen LogP contribution in [0, 0.1) is 0 Å². The minimum Gasteiger partial charge on any atom is -0.494 e. The lowest BCUT2D eigenvalue weighted by atomic mass is 10.1. The summed E-state index contributed by atoms with van der Waals surface area (Å²) in [5.41, 5.74) is 1.50. The molecule has 4 heteroatoms. The molecule has 0 N–H and O–H groups in total. The van der Waals surface area contributed by atoms with Crippen molar-refractivity contribution < 1.29 is 13.7 Å². The summed E-state index contributed by atoms with van der Waals surface area (Å²) in [4.78, 5) is 11.4. The molecule has 100 valence electrons. The van der Waals surface area contributed by atoms with Crippen LogP contribution in [0.1, 0.15) is 43.1 Å². The average molecular weight is 268 g/mol. The van der Waals surface area contributed by atoms with Gasteiger partial charge >= 0.3 is 0 Å². The maximum Gasteiger partial charge on any atom is 0.159 e. The lowest BCUT2D eigenvalue weighted by Crippen LogP contribution is -2.05. The minimum absolute atomic E-state index is 0.0144. The first-order chi connectivity index (χ1) is 8.58. The molecule has 0 heterocycles. The molecule has 0 saturated heterocycles. The number of benzene rings is 1. The monoisotopic (exact) mass is 268 g/mol. The number of hydrogen-bond acceptors (Lipinski definition) is 3. The highest BCUT2D eigenvalue weighted by Gasteiger charge is 2.10. The van der Waals surface area contributed by atoms with Gasteiger partial charge in [-0.1, -0.05) is 6.92 Å². The van der Waals surface area contributed by atoms with E-state index in [9.17, 15) is 9.00 Å². The maximum absolute atomic E-state index is 11.8. The standard InChI is InChI=1S/C14H20O3S/c1-4-8-18(16)10-13-9-12(11(3)15)6-7-14(13)17-5-2/h6-7,9H,4-5,8,10H2,1-3H3. The van der Waals surface area contributed by atoms with Gasteiger partial charge in [0.2, 0.25) is 0 Å². The molecule has 1 aromatic carbocycles. The summed E-state index contributed by atoms with van der Waals surface area (Å²) in [5.74, 6) is 1.87. The maximum atomic E-state index is 11.8. The Hall–Kier alpha value is -1.16. The number of rotatable bonds is 7. The topological polar surface area (TPSA) is 43.4 Å². The molecule has 1 rings (SSSR count). The van der Waals surface area contributed by atoms with Gasteiger partial charge in [0.25, 0.3) is 0 Å². The molecule has 1 aromatic rings. The molecule has 0 aromatic heterocycles. The molecule has 1 atom stereocenters. The summed E-state index contributed by atoms with van der Waals surface area (Å²) >= 11 is 0. The van der Waals surface area contributed by atoms with Gasteiger partial charge in [-0.15, -0.1) is 0 Å². The zero-order valence-electron chi connectivity index (χ0n) is 11.2. The molecule has 1 unspecified atom stereocenters. The summed E-state index contributed by atoms with van der Waals surface area (Å²) < 4.78 is 17.3. The average Bonchev–Trinajstić information content (AvgIpc) is 2.31. The van der Waals surface area contributed by atoms with Crippen molar-refractivity contribution in [3.05, 3.63) is 29.3 Å². The van der Waals surface area contributed by atoms with Crippen LogP contribution in [-0.4, -0.2) is 22.4 Å². The highest BCUT2D eigenvalue weighted by atomic mass is 32.2. The largest absolute Gasteiger partial charge is 0.494 e. The fourth-order valence-electron chi connectivity index (χ4n) is 1.68. The zero-order valence-corrected chi connectivity index (χ0v) is 12.0. The predicted octanol–water partition coefficient (Wildman–Crippen LogP) is 2.95. The third kappa shape index (κ3) is 4.26. The van der Waals surface area contributed by atoms with E-state index in [1.807, 2.05) is 13.8 Å². The SMILES string of the molecule is CCCS(=O)Cc1cc(C(C)=O)ccc1OCC. The first-order valence-electron chi connectivity index (χ1n) is 6.20. The summed E-state index contributed by atoms with van der Waals surface area (Å²) in [6.07, 6.45) is 0.892. The first kappa shape index (κ1) is 14.9. The van der Waals surface area contributed by atoms with Gasteiger partial charge in [-0.2, -0.15) is 0 Å². The summed E-state index contributed by atoms with van der Waals surface area (Å²) in [7, 11) is -0.898. The van der Waals surface area contributed by atoms with E-state index < -0.39 is 10.8 Å². The summed E-state index contributed by atoms with van der Waals surface area (Å²) in [6, 6.07) is 5.33. The van der Waals surface area contributed by atoms with E-state index in [1.165, 1.54) is 6.92 Å². The highest BCUT2D eigenvalue weighted by molar-refractivity contribution is 7.84. The van der Waals surface area contributed by atoms with Crippen LogP contribution in [-0.2, 0) is 16.6 Å². The number of carbonyl (C=O) groups excluding carboxylic acids is 1. The van der Waals surface area contributed by atoms with Crippen molar-refractivity contribution in [3.8, 4) is 5.75 Å². The quantitative estimate of drug-likeness (QED) is 0.714. The van der Waals surface area contributed by atoms with Crippen LogP contribution in [0.3, 0.4) is 0 Å². The van der Waals surface area contributed by atoms with Crippen LogP contribution in [0.15, 0.2) is 18.2 Å². The lowest BCUT2D eigenvalue weighted by Gasteiger charge is -2.11. The van der Waals surface area contributed by atoms with Crippen LogP contribution in [0.4, 0.5) is 0 Å². The van der Waals surface area contributed by atoms with Gasteiger partial charge in [0, 0.05) is 27.7 Å². The Kier molecular flexibility index (Phi) is 6.05. The minimum atomic E-state index is -0.898. The number of ether oxygens (including phenoxy) is 1. The van der Waals surface area contributed by atoms with Crippen molar-refractivity contribution in [3.63, 3.8) is 0 Å². The second-order valence-corrected chi connectivity index (χ2v) is 5.68. The molecule has 0 aliphatic carbocycles. The Balaban J connectivity index is 2.99. The molecule has 0 saturated carbocycles. The number of hydrogen-bond donors (Lipinski definition) is 0. The molecule has 0 aliphatic heterocycles. The Labute approximate surface area is 111 Å². The molecule has 18 heavy (non-hydrogen) atoms. The van der Waals surface area contributed by atoms with Crippen molar-refractivity contribution in [1.82, 2.24) is 0 Å². The van der Waals surface area contributed by atoms with Crippen LogP contribution >= 0.6 is 0 Å². The van der Waals surface area contributed by atoms with E-state index >= 15 is 0 Å². The number of Topliss-reactive ketones (excluding diaryl/α,β-unsaturated/α-hetero) is 1. The smallest absolute Gasteiger partial charge is 0.159 e. The van der Waals surface area contributed by atoms with E-state index in [1.54, 1.807) is 18.2 Å². The number of ketones is 1. The molecule has 0 radical (unpaired) electrons. The highest BCUT2D eigenvalue weighted by Crippen LogP contribution is 2.22. The summed E-state index contributed by atoms with van der Waals surface area (Å²) in [6.45, 7) is 6.01. The summed E-state index contributed by atoms with van der Waals surface area (Å²) in [5, 5.41) is 0. The van der Waals surface area contributed by atoms with Gasteiger partial charge in [0.1, 0.15) is 5.75 Å². The predicted molar refractivity (Wildman–Crippen MR) is 74.6 cm³/mol. The Morgan fingerprint density at radius 1 is 1.33 bits per heavy atom. The van der Waals surface area contributed by atoms with E-state index in [0.29, 0.717) is 23.7 Å². The van der Waals surface area contributed by atoms with Crippen LogP contribution in [0.25, 0.3) is 0 Å². The molecular formula is C14H20O3S. The molecule has 0 bridgehead atoms. The van der Waals surface area contributed by atoms with E-state index in [-0.39, 0.29) is 5.78 Å². The van der Waals surface area contributed by atoms with Crippen molar-refractivity contribution in [2.24, 2.45) is 0 Å². The first-order valence-corrected chi connectivity index (χ1v) is 7.68. The molecule has 0 spiro atoms. The van der Waals surface area contributed by atoms with E-state index in [4.69, 9.17) is 4.74 Å². The van der Waals surface area contributed by atoms with Crippen molar-refractivity contribution in [2.75, 3.05) is 12.4 Å². The second kappa shape index (κ2) is 7.31. The molecule has 0 fully saturated rings. The van der Waals surface area contributed by atoms with Crippen LogP contribution in [0.5, 0.6) is 5.75 Å². The van der Waals surface area contributed by atoms with Crippen molar-refractivity contribution in [1.29, 1.82) is 0 Å². The van der Waals surface area contributed by atoms with Gasteiger partial charge in [0.15, 0.2) is 5.78 Å². The van der Waals surface area contributed by atoms with Crippen molar-refractivity contribution in [2.45, 2.75) is 32.9 Å². The van der Waals surface area contributed by atoms with Crippen LogP contribution in [0.2, 0.25) is 0 Å². The Bertz CT molecular complexity index is 441. The molecular weight excluding hydrogens is 248 g/mol. The number of carbonyl (C=O) groups is 1. The second-order valence-electron chi connectivity index (χ2n) is 4.10. The molecule has 0 amide bonds. The van der Waals surface area contributed by atoms with Gasteiger partial charge in [-0.05, 0) is 38.5 Å². The van der Waals surface area contributed by atoms with Gasteiger partial charge in [-0.25, -0.2) is 0 Å². The van der Waals surface area contributed by atoms with Crippen LogP contribution < -0.4 is 4.74 Å². The zero-order chi connectivity index (χ0) is 13.5. The van der Waals surface area contributed by atoms with Crippen molar-refractivity contribution >= 4 is 16.6 Å². The normalized spacial score (nSPS) is 12.2. The van der Waals surface area contributed by atoms with Gasteiger partial charge in [0.05, 0.1) is 12.4 Å². The Morgan fingerprint density at radius 2 is 2.06 bits per heavy atom. The molecule has 3 nitrogen and oxygen atoms in total.